The summed E-state index contributed by atoms with van der Waals surface area (Å²) in [6, 6.07) is 8.10. The number of halogens is 1. The lowest BCUT2D eigenvalue weighted by atomic mass is 10.1. The number of hydrogen-bond acceptors (Lipinski definition) is 3. The van der Waals surface area contributed by atoms with Crippen molar-refractivity contribution in [3.05, 3.63) is 29.3 Å². The van der Waals surface area contributed by atoms with E-state index in [4.69, 9.17) is 17.3 Å². The number of benzene rings is 1. The predicted molar refractivity (Wildman–Crippen MR) is 85.2 cm³/mol. The van der Waals surface area contributed by atoms with Gasteiger partial charge in [-0.25, -0.2) is 0 Å². The van der Waals surface area contributed by atoms with Crippen LogP contribution in [0.25, 0.3) is 0 Å². The first kappa shape index (κ1) is 15.7. The molecule has 3 nitrogen and oxygen atoms in total. The van der Waals surface area contributed by atoms with Crippen LogP contribution in [0, 0.1) is 0 Å². The van der Waals surface area contributed by atoms with E-state index < -0.39 is 0 Å². The zero-order valence-corrected chi connectivity index (χ0v) is 13.1. The van der Waals surface area contributed by atoms with Crippen LogP contribution in [-0.4, -0.2) is 35.7 Å². The van der Waals surface area contributed by atoms with Crippen LogP contribution < -0.4 is 5.73 Å². The first-order chi connectivity index (χ1) is 9.65. The Morgan fingerprint density at radius 2 is 1.95 bits per heavy atom. The summed E-state index contributed by atoms with van der Waals surface area (Å²) in [5.41, 5.74) is 5.84. The Balaban J connectivity index is 1.63. The van der Waals surface area contributed by atoms with Gasteiger partial charge in [0.05, 0.1) is 0 Å². The number of hydrogen-bond donors (Lipinski definition) is 1. The number of carbonyl (C=O) groups is 1. The number of piperidine rings is 1. The smallest absolute Gasteiger partial charge is 0.222 e. The highest BCUT2D eigenvalue weighted by Crippen LogP contribution is 2.21. The summed E-state index contributed by atoms with van der Waals surface area (Å²) in [5.74, 6) is 1.23. The lowest BCUT2D eigenvalue weighted by molar-refractivity contribution is -0.132. The minimum absolute atomic E-state index is 0.272. The molecule has 20 heavy (non-hydrogen) atoms. The first-order valence-corrected chi connectivity index (χ1v) is 8.43. The van der Waals surface area contributed by atoms with Crippen molar-refractivity contribution in [3.63, 3.8) is 0 Å². The van der Waals surface area contributed by atoms with Crippen molar-refractivity contribution in [1.82, 2.24) is 4.90 Å². The van der Waals surface area contributed by atoms with Gasteiger partial charge in [-0.05, 0) is 49.3 Å². The van der Waals surface area contributed by atoms with E-state index in [0.717, 1.165) is 43.1 Å². The third-order valence-corrected chi connectivity index (χ3v) is 4.86. The van der Waals surface area contributed by atoms with E-state index in [-0.39, 0.29) is 11.9 Å². The molecule has 1 amide bonds. The van der Waals surface area contributed by atoms with E-state index >= 15 is 0 Å². The molecule has 0 aliphatic carbocycles. The molecule has 5 heteroatoms. The summed E-state index contributed by atoms with van der Waals surface area (Å²) in [7, 11) is 0. The summed E-state index contributed by atoms with van der Waals surface area (Å²) in [5, 5.41) is 0.757. The number of rotatable bonds is 5. The number of thioether (sulfide) groups is 1. The molecule has 110 valence electrons. The van der Waals surface area contributed by atoms with Gasteiger partial charge in [0.2, 0.25) is 5.91 Å². The molecule has 1 aliphatic heterocycles. The summed E-state index contributed by atoms with van der Waals surface area (Å²) < 4.78 is 0. The number of carbonyl (C=O) groups excluding carboxylic acids is 1. The van der Waals surface area contributed by atoms with Crippen LogP contribution in [0.1, 0.15) is 25.7 Å². The van der Waals surface area contributed by atoms with E-state index in [0.29, 0.717) is 6.42 Å². The second-order valence-corrected chi connectivity index (χ2v) is 6.73. The molecule has 0 radical (unpaired) electrons. The van der Waals surface area contributed by atoms with Crippen LogP contribution in [0.3, 0.4) is 0 Å². The highest BCUT2D eigenvalue weighted by Gasteiger charge is 2.19. The van der Waals surface area contributed by atoms with Crippen LogP contribution in [0.4, 0.5) is 0 Å². The van der Waals surface area contributed by atoms with E-state index in [1.807, 2.05) is 29.2 Å². The molecule has 0 spiro atoms. The summed E-state index contributed by atoms with van der Waals surface area (Å²) in [4.78, 5) is 15.2. The molecular weight excluding hydrogens is 292 g/mol. The molecule has 0 atom stereocenters. The topological polar surface area (TPSA) is 46.3 Å². The fraction of sp³-hybridized carbons (Fsp3) is 0.533. The molecule has 2 rings (SSSR count). The normalized spacial score (nSPS) is 16.4. The first-order valence-electron chi connectivity index (χ1n) is 7.07. The Morgan fingerprint density at radius 1 is 1.30 bits per heavy atom. The maximum atomic E-state index is 12.0. The Kier molecular flexibility index (Phi) is 6.20. The third-order valence-electron chi connectivity index (χ3n) is 3.51. The van der Waals surface area contributed by atoms with Gasteiger partial charge < -0.3 is 10.6 Å². The number of nitrogens with zero attached hydrogens (tertiary/aromatic N) is 1. The summed E-state index contributed by atoms with van der Waals surface area (Å²) >= 11 is 7.61. The largest absolute Gasteiger partial charge is 0.343 e. The van der Waals surface area contributed by atoms with Crippen molar-refractivity contribution in [2.24, 2.45) is 5.73 Å². The van der Waals surface area contributed by atoms with Crippen LogP contribution in [0.5, 0.6) is 0 Å². The maximum absolute atomic E-state index is 12.0. The van der Waals surface area contributed by atoms with Gasteiger partial charge in [0.15, 0.2) is 0 Å². The van der Waals surface area contributed by atoms with Crippen molar-refractivity contribution in [3.8, 4) is 0 Å². The maximum Gasteiger partial charge on any atom is 0.222 e. The van der Waals surface area contributed by atoms with Gasteiger partial charge in [-0.15, -0.1) is 11.8 Å². The SMILES string of the molecule is NC1CCN(C(=O)CCCSc2ccc(Cl)cc2)CC1. The molecule has 0 saturated carbocycles. The van der Waals surface area contributed by atoms with Crippen LogP contribution in [-0.2, 0) is 4.79 Å². The zero-order chi connectivity index (χ0) is 14.4. The molecule has 2 N–H and O–H groups in total. The van der Waals surface area contributed by atoms with Crippen molar-refractivity contribution in [2.75, 3.05) is 18.8 Å². The Bertz CT molecular complexity index is 430. The molecule has 1 aliphatic rings. The van der Waals surface area contributed by atoms with Crippen LogP contribution >= 0.6 is 23.4 Å². The second kappa shape index (κ2) is 7.91. The fourth-order valence-electron chi connectivity index (χ4n) is 2.25. The van der Waals surface area contributed by atoms with Gasteiger partial charge in [0, 0.05) is 35.5 Å². The Morgan fingerprint density at radius 3 is 2.60 bits per heavy atom. The molecule has 0 aromatic heterocycles. The van der Waals surface area contributed by atoms with Gasteiger partial charge >= 0.3 is 0 Å². The Labute approximate surface area is 129 Å². The third kappa shape index (κ3) is 5.00. The molecule has 1 saturated heterocycles. The van der Waals surface area contributed by atoms with Crippen LogP contribution in [0.2, 0.25) is 5.02 Å². The fourth-order valence-corrected chi connectivity index (χ4v) is 3.23. The number of likely N-dealkylation sites (tertiary alicyclic amines) is 1. The average Bonchev–Trinajstić information content (AvgIpc) is 2.46. The highest BCUT2D eigenvalue weighted by molar-refractivity contribution is 7.99. The standard InChI is InChI=1S/C15H21ClN2OS/c16-12-3-5-14(6-4-12)20-11-1-2-15(19)18-9-7-13(17)8-10-18/h3-6,13H,1-2,7-11,17H2. The molecule has 1 heterocycles. The van der Waals surface area contributed by atoms with Gasteiger partial charge in [0.1, 0.15) is 0 Å². The molecule has 1 aromatic rings. The van der Waals surface area contributed by atoms with E-state index in [1.54, 1.807) is 11.8 Å². The monoisotopic (exact) mass is 312 g/mol. The molecular formula is C15H21ClN2OS. The minimum Gasteiger partial charge on any atom is -0.343 e. The minimum atomic E-state index is 0.272. The summed E-state index contributed by atoms with van der Waals surface area (Å²) in [6.07, 6.45) is 3.42. The number of amides is 1. The van der Waals surface area contributed by atoms with Gasteiger partial charge in [0.25, 0.3) is 0 Å². The van der Waals surface area contributed by atoms with Crippen LogP contribution in [0.15, 0.2) is 29.2 Å². The molecule has 0 unspecified atom stereocenters. The summed E-state index contributed by atoms with van der Waals surface area (Å²) in [6.45, 7) is 1.65. The van der Waals surface area contributed by atoms with Crippen molar-refractivity contribution in [1.29, 1.82) is 0 Å². The average molecular weight is 313 g/mol. The lowest BCUT2D eigenvalue weighted by Crippen LogP contribution is -2.42. The zero-order valence-electron chi connectivity index (χ0n) is 11.6. The van der Waals surface area contributed by atoms with E-state index in [9.17, 15) is 4.79 Å². The van der Waals surface area contributed by atoms with Crippen molar-refractivity contribution >= 4 is 29.3 Å². The van der Waals surface area contributed by atoms with Gasteiger partial charge in [-0.3, -0.25) is 4.79 Å². The lowest BCUT2D eigenvalue weighted by Gasteiger charge is -2.30. The van der Waals surface area contributed by atoms with Gasteiger partial charge in [-0.2, -0.15) is 0 Å². The molecule has 1 fully saturated rings. The van der Waals surface area contributed by atoms with Crippen molar-refractivity contribution in [2.45, 2.75) is 36.6 Å². The number of nitrogens with two attached hydrogens (primary N) is 1. The van der Waals surface area contributed by atoms with Gasteiger partial charge in [-0.1, -0.05) is 11.6 Å². The van der Waals surface area contributed by atoms with E-state index in [1.165, 1.54) is 4.90 Å². The molecule has 0 bridgehead atoms. The molecule has 1 aromatic carbocycles. The Hall–Kier alpha value is -0.710. The van der Waals surface area contributed by atoms with E-state index in [2.05, 4.69) is 0 Å². The highest BCUT2D eigenvalue weighted by atomic mass is 35.5. The van der Waals surface area contributed by atoms with Crippen molar-refractivity contribution < 1.29 is 4.79 Å². The predicted octanol–water partition coefficient (Wildman–Crippen LogP) is 3.16. The quantitative estimate of drug-likeness (QED) is 0.671. The second-order valence-electron chi connectivity index (χ2n) is 5.12.